The molecule has 1 aromatic carbocycles. The molecule has 1 aromatic heterocycles. The summed E-state index contributed by atoms with van der Waals surface area (Å²) < 4.78 is 6.20. The molecule has 8 nitrogen and oxygen atoms in total. The fraction of sp³-hybridized carbons (Fsp3) is 0.417. The minimum absolute atomic E-state index is 0.0758. The van der Waals surface area contributed by atoms with E-state index < -0.39 is 6.10 Å². The van der Waals surface area contributed by atoms with Crippen molar-refractivity contribution in [2.75, 3.05) is 51.3 Å². The second kappa shape index (κ2) is 9.06. The second-order valence-corrected chi connectivity index (χ2v) is 9.61. The summed E-state index contributed by atoms with van der Waals surface area (Å²) in [5, 5.41) is 13.5. The number of carbonyl (C=O) groups is 2. The standard InChI is InChI=1S/C24H27BrN4O4/c1-14-20(11-16-22-17(25)3-2-4-18(22)27-23(16)31)26-19-5-6-29(24(32)21(14)19)13-15(30)12-28-7-9-33-10-8-28/h2-4,11,15,26,30H,5-10,12-13H2,1H3,(H,27,31)/b16-11-. The van der Waals surface area contributed by atoms with E-state index in [2.05, 4.69) is 31.1 Å². The van der Waals surface area contributed by atoms with Crippen molar-refractivity contribution in [2.24, 2.45) is 0 Å². The van der Waals surface area contributed by atoms with E-state index in [-0.39, 0.29) is 11.8 Å². The van der Waals surface area contributed by atoms with Crippen molar-refractivity contribution in [2.45, 2.75) is 19.4 Å². The predicted molar refractivity (Wildman–Crippen MR) is 129 cm³/mol. The van der Waals surface area contributed by atoms with Gasteiger partial charge in [0.15, 0.2) is 0 Å². The number of aliphatic hydroxyl groups is 1. The van der Waals surface area contributed by atoms with Crippen molar-refractivity contribution in [1.82, 2.24) is 14.8 Å². The average molecular weight is 515 g/mol. The van der Waals surface area contributed by atoms with Crippen LogP contribution in [0.2, 0.25) is 0 Å². The molecule has 174 valence electrons. The van der Waals surface area contributed by atoms with Crippen LogP contribution in [-0.4, -0.2) is 83.7 Å². The normalized spacial score (nSPS) is 20.7. The van der Waals surface area contributed by atoms with E-state index in [9.17, 15) is 14.7 Å². The SMILES string of the molecule is Cc1c(/C=C2\C(=O)Nc3cccc(Br)c32)[nH]c2c1C(=O)N(CC(O)CN1CCOCC1)CC2. The van der Waals surface area contributed by atoms with Crippen LogP contribution in [-0.2, 0) is 16.0 Å². The maximum Gasteiger partial charge on any atom is 0.256 e. The number of H-pyrrole nitrogens is 1. The highest BCUT2D eigenvalue weighted by atomic mass is 79.9. The van der Waals surface area contributed by atoms with E-state index in [0.717, 1.165) is 45.8 Å². The van der Waals surface area contributed by atoms with Crippen LogP contribution in [0.5, 0.6) is 0 Å². The number of aromatic nitrogens is 1. The molecular formula is C24H27BrN4O4. The summed E-state index contributed by atoms with van der Waals surface area (Å²) >= 11 is 3.54. The van der Waals surface area contributed by atoms with Crippen molar-refractivity contribution in [3.63, 3.8) is 0 Å². The van der Waals surface area contributed by atoms with Gasteiger partial charge in [0.25, 0.3) is 11.8 Å². The Labute approximate surface area is 200 Å². The number of nitrogens with one attached hydrogen (secondary N) is 2. The van der Waals surface area contributed by atoms with Gasteiger partial charge in [-0.25, -0.2) is 0 Å². The number of hydrogen-bond acceptors (Lipinski definition) is 5. The molecule has 0 bridgehead atoms. The van der Waals surface area contributed by atoms with Crippen LogP contribution < -0.4 is 5.32 Å². The van der Waals surface area contributed by atoms with Gasteiger partial charge in [0, 0.05) is 60.6 Å². The average Bonchev–Trinajstić information content (AvgIpc) is 3.28. The number of halogens is 1. The summed E-state index contributed by atoms with van der Waals surface area (Å²) in [6.45, 7) is 6.26. The topological polar surface area (TPSA) is 97.9 Å². The summed E-state index contributed by atoms with van der Waals surface area (Å²) in [6.07, 6.45) is 1.90. The van der Waals surface area contributed by atoms with Gasteiger partial charge in [-0.15, -0.1) is 0 Å². The fourth-order valence-electron chi connectivity index (χ4n) is 4.86. The van der Waals surface area contributed by atoms with Crippen LogP contribution in [0.1, 0.15) is 32.9 Å². The van der Waals surface area contributed by atoms with Gasteiger partial charge >= 0.3 is 0 Å². The Morgan fingerprint density at radius 1 is 1.18 bits per heavy atom. The molecule has 0 saturated carbocycles. The molecule has 3 N–H and O–H groups in total. The van der Waals surface area contributed by atoms with Gasteiger partial charge in [0.2, 0.25) is 0 Å². The Hall–Kier alpha value is -2.46. The lowest BCUT2D eigenvalue weighted by Crippen LogP contribution is -2.47. The molecule has 3 aliphatic rings. The Balaban J connectivity index is 1.36. The third-order valence-corrected chi connectivity index (χ3v) is 7.23. The van der Waals surface area contributed by atoms with E-state index in [0.29, 0.717) is 50.4 Å². The van der Waals surface area contributed by atoms with E-state index in [4.69, 9.17) is 4.74 Å². The third kappa shape index (κ3) is 4.26. The largest absolute Gasteiger partial charge is 0.390 e. The summed E-state index contributed by atoms with van der Waals surface area (Å²) in [4.78, 5) is 33.2. The highest BCUT2D eigenvalue weighted by molar-refractivity contribution is 9.10. The van der Waals surface area contributed by atoms with Crippen LogP contribution in [0, 0.1) is 6.92 Å². The monoisotopic (exact) mass is 514 g/mol. The smallest absolute Gasteiger partial charge is 0.256 e. The van der Waals surface area contributed by atoms with Crippen LogP contribution in [0.15, 0.2) is 22.7 Å². The van der Waals surface area contributed by atoms with Crippen LogP contribution in [0.3, 0.4) is 0 Å². The number of aliphatic hydroxyl groups excluding tert-OH is 1. The number of fused-ring (bicyclic) bond motifs is 2. The van der Waals surface area contributed by atoms with Gasteiger partial charge in [0.05, 0.1) is 36.1 Å². The predicted octanol–water partition coefficient (Wildman–Crippen LogP) is 2.27. The summed E-state index contributed by atoms with van der Waals surface area (Å²) in [5.74, 6) is -0.240. The number of nitrogens with zero attached hydrogens (tertiary/aromatic N) is 2. The summed E-state index contributed by atoms with van der Waals surface area (Å²) in [6, 6.07) is 5.66. The maximum absolute atomic E-state index is 13.3. The molecule has 2 aromatic rings. The highest BCUT2D eigenvalue weighted by Crippen LogP contribution is 2.39. The molecular weight excluding hydrogens is 488 g/mol. The molecule has 2 amide bonds. The highest BCUT2D eigenvalue weighted by Gasteiger charge is 2.32. The summed E-state index contributed by atoms with van der Waals surface area (Å²) in [7, 11) is 0. The Kier molecular flexibility index (Phi) is 6.13. The Morgan fingerprint density at radius 2 is 1.97 bits per heavy atom. The van der Waals surface area contributed by atoms with Crippen molar-refractivity contribution in [1.29, 1.82) is 0 Å². The van der Waals surface area contributed by atoms with Gasteiger partial charge in [-0.3, -0.25) is 14.5 Å². The molecule has 3 aliphatic heterocycles. The van der Waals surface area contributed by atoms with Crippen molar-refractivity contribution >= 4 is 45.1 Å². The van der Waals surface area contributed by atoms with Gasteiger partial charge in [-0.1, -0.05) is 22.0 Å². The van der Waals surface area contributed by atoms with E-state index >= 15 is 0 Å². The lowest BCUT2D eigenvalue weighted by molar-refractivity contribution is -0.110. The van der Waals surface area contributed by atoms with Crippen LogP contribution >= 0.6 is 15.9 Å². The quantitative estimate of drug-likeness (QED) is 0.531. The molecule has 1 atom stereocenters. The van der Waals surface area contributed by atoms with E-state index in [1.165, 1.54) is 0 Å². The fourth-order valence-corrected chi connectivity index (χ4v) is 5.44. The number of ether oxygens (including phenoxy) is 1. The molecule has 0 aliphatic carbocycles. The number of hydrogen-bond donors (Lipinski definition) is 3. The maximum atomic E-state index is 13.3. The Morgan fingerprint density at radius 3 is 2.76 bits per heavy atom. The molecule has 1 fully saturated rings. The molecule has 4 heterocycles. The van der Waals surface area contributed by atoms with Crippen molar-refractivity contribution in [3.05, 3.63) is 50.8 Å². The van der Waals surface area contributed by atoms with Gasteiger partial charge in [0.1, 0.15) is 0 Å². The summed E-state index contributed by atoms with van der Waals surface area (Å²) in [5.41, 5.74) is 5.27. The number of amides is 2. The zero-order valence-corrected chi connectivity index (χ0v) is 20.1. The van der Waals surface area contributed by atoms with Crippen LogP contribution in [0.25, 0.3) is 11.6 Å². The molecule has 1 unspecified atom stereocenters. The van der Waals surface area contributed by atoms with Gasteiger partial charge in [-0.2, -0.15) is 0 Å². The van der Waals surface area contributed by atoms with Crippen LogP contribution in [0.4, 0.5) is 5.69 Å². The first-order valence-electron chi connectivity index (χ1n) is 11.2. The van der Waals surface area contributed by atoms with Crippen molar-refractivity contribution in [3.8, 4) is 0 Å². The zero-order chi connectivity index (χ0) is 23.1. The molecule has 5 rings (SSSR count). The second-order valence-electron chi connectivity index (χ2n) is 8.76. The molecule has 0 radical (unpaired) electrons. The molecule has 33 heavy (non-hydrogen) atoms. The van der Waals surface area contributed by atoms with Gasteiger partial charge in [-0.05, 0) is 30.7 Å². The number of benzene rings is 1. The molecule has 1 saturated heterocycles. The minimum Gasteiger partial charge on any atom is -0.390 e. The number of carbonyl (C=O) groups excluding carboxylic acids is 2. The first-order valence-corrected chi connectivity index (χ1v) is 12.0. The number of morpholine rings is 1. The molecule has 0 spiro atoms. The van der Waals surface area contributed by atoms with Gasteiger partial charge < -0.3 is 25.0 Å². The third-order valence-electron chi connectivity index (χ3n) is 6.57. The van der Waals surface area contributed by atoms with Crippen molar-refractivity contribution < 1.29 is 19.4 Å². The van der Waals surface area contributed by atoms with E-state index in [1.54, 1.807) is 4.90 Å². The minimum atomic E-state index is -0.606. The lowest BCUT2D eigenvalue weighted by atomic mass is 10.0. The first-order chi connectivity index (χ1) is 15.9. The van der Waals surface area contributed by atoms with E-state index in [1.807, 2.05) is 31.2 Å². The number of anilines is 1. The first kappa shape index (κ1) is 22.3. The lowest BCUT2D eigenvalue weighted by Gasteiger charge is -2.32. The number of β-amino-alcohol motifs (C(OH)–C–C–N with tert-alkyl or cyclic N) is 1. The number of aromatic amines is 1. The Bertz CT molecular complexity index is 1140. The zero-order valence-electron chi connectivity index (χ0n) is 18.5. The molecule has 9 heteroatoms. The number of rotatable bonds is 5.